The van der Waals surface area contributed by atoms with Crippen molar-refractivity contribution in [3.05, 3.63) is 0 Å². The van der Waals surface area contributed by atoms with Gasteiger partial charge in [-0.2, -0.15) is 0 Å². The molecule has 0 aliphatic rings. The molecular formula is C18H37N3O2. The van der Waals surface area contributed by atoms with E-state index in [1.807, 2.05) is 0 Å². The summed E-state index contributed by atoms with van der Waals surface area (Å²) in [5.41, 5.74) is 10.2. The van der Waals surface area contributed by atoms with Crippen molar-refractivity contribution in [2.75, 3.05) is 0 Å². The van der Waals surface area contributed by atoms with Crippen molar-refractivity contribution >= 4 is 11.9 Å². The van der Waals surface area contributed by atoms with Gasteiger partial charge in [0.15, 0.2) is 0 Å². The highest BCUT2D eigenvalue weighted by atomic mass is 16.2. The first-order valence-electron chi connectivity index (χ1n) is 9.43. The summed E-state index contributed by atoms with van der Waals surface area (Å²) in [6, 6.07) is -1.32. The average molecular weight is 328 g/mol. The van der Waals surface area contributed by atoms with Gasteiger partial charge in [0.25, 0.3) is 0 Å². The first-order chi connectivity index (χ1) is 11.1. The molecule has 0 heterocycles. The molecule has 5 N–H and O–H groups in total. The van der Waals surface area contributed by atoms with Crippen LogP contribution in [-0.4, -0.2) is 18.0 Å². The van der Waals surface area contributed by atoms with Crippen LogP contribution in [0.4, 0.5) is 4.79 Å². The van der Waals surface area contributed by atoms with E-state index in [1.54, 1.807) is 0 Å². The number of rotatable bonds is 16. The molecule has 0 bridgehead atoms. The normalized spacial score (nSPS) is 12.0. The molecule has 0 saturated heterocycles. The minimum Gasteiger partial charge on any atom is -0.368 e. The van der Waals surface area contributed by atoms with Gasteiger partial charge in [-0.15, -0.1) is 0 Å². The maximum atomic E-state index is 11.1. The smallest absolute Gasteiger partial charge is 0.312 e. The summed E-state index contributed by atoms with van der Waals surface area (Å²) in [5, 5.41) is 2.39. The molecule has 0 fully saturated rings. The number of amides is 3. The minimum absolute atomic E-state index is 0.511. The molecule has 3 amide bonds. The van der Waals surface area contributed by atoms with E-state index in [9.17, 15) is 9.59 Å². The Morgan fingerprint density at radius 2 is 1.13 bits per heavy atom. The zero-order chi connectivity index (χ0) is 17.3. The fourth-order valence-electron chi connectivity index (χ4n) is 2.82. The Morgan fingerprint density at radius 3 is 1.48 bits per heavy atom. The Bertz CT molecular complexity index is 309. The first-order valence-corrected chi connectivity index (χ1v) is 9.43. The molecule has 1 unspecified atom stereocenters. The second-order valence-electron chi connectivity index (χ2n) is 6.49. The Hall–Kier alpha value is -1.26. The molecule has 0 saturated carbocycles. The Morgan fingerprint density at radius 1 is 0.739 bits per heavy atom. The molecule has 0 aliphatic carbocycles. The van der Waals surface area contributed by atoms with Crippen LogP contribution in [0.3, 0.4) is 0 Å². The van der Waals surface area contributed by atoms with Gasteiger partial charge in [0.05, 0.1) is 0 Å². The molecule has 0 aromatic rings. The van der Waals surface area contributed by atoms with Crippen molar-refractivity contribution in [1.82, 2.24) is 5.32 Å². The molecule has 0 radical (unpaired) electrons. The lowest BCUT2D eigenvalue weighted by Crippen LogP contribution is -2.46. The number of unbranched alkanes of at least 4 members (excludes halogenated alkanes) is 12. The predicted octanol–water partition coefficient (Wildman–Crippen LogP) is 3.99. The number of carbonyl (C=O) groups is 2. The fourth-order valence-corrected chi connectivity index (χ4v) is 2.82. The van der Waals surface area contributed by atoms with E-state index in [4.69, 9.17) is 11.5 Å². The van der Waals surface area contributed by atoms with E-state index >= 15 is 0 Å². The third-order valence-corrected chi connectivity index (χ3v) is 4.26. The number of primary amides is 2. The lowest BCUT2D eigenvalue weighted by Gasteiger charge is -2.13. The third kappa shape index (κ3) is 15.4. The van der Waals surface area contributed by atoms with Gasteiger partial charge in [0.1, 0.15) is 6.04 Å². The zero-order valence-electron chi connectivity index (χ0n) is 14.9. The first kappa shape index (κ1) is 21.7. The summed E-state index contributed by atoms with van der Waals surface area (Å²) in [6.07, 6.45) is 17.2. The van der Waals surface area contributed by atoms with Crippen molar-refractivity contribution in [3.63, 3.8) is 0 Å². The topological polar surface area (TPSA) is 98.2 Å². The summed E-state index contributed by atoms with van der Waals surface area (Å²) in [5.74, 6) is -0.511. The van der Waals surface area contributed by atoms with Crippen molar-refractivity contribution in [2.24, 2.45) is 11.5 Å². The second kappa shape index (κ2) is 15.6. The van der Waals surface area contributed by atoms with Crippen LogP contribution in [0.2, 0.25) is 0 Å². The highest BCUT2D eigenvalue weighted by Crippen LogP contribution is 2.13. The quantitative estimate of drug-likeness (QED) is 0.373. The summed E-state index contributed by atoms with van der Waals surface area (Å²) in [6.45, 7) is 2.25. The SMILES string of the molecule is CCCCCCCCCCCCCCCC(NC(N)=O)C(N)=O. The van der Waals surface area contributed by atoms with Gasteiger partial charge in [-0.3, -0.25) is 4.79 Å². The van der Waals surface area contributed by atoms with Gasteiger partial charge < -0.3 is 16.8 Å². The molecule has 136 valence electrons. The molecule has 1 atom stereocenters. The lowest BCUT2D eigenvalue weighted by atomic mass is 10.0. The van der Waals surface area contributed by atoms with Crippen LogP contribution in [0, 0.1) is 0 Å². The molecule has 0 aromatic heterocycles. The van der Waals surface area contributed by atoms with E-state index in [0.29, 0.717) is 6.42 Å². The van der Waals surface area contributed by atoms with Gasteiger partial charge in [-0.25, -0.2) is 4.79 Å². The largest absolute Gasteiger partial charge is 0.368 e. The van der Waals surface area contributed by atoms with Crippen molar-refractivity contribution in [1.29, 1.82) is 0 Å². The molecular weight excluding hydrogens is 290 g/mol. The van der Waals surface area contributed by atoms with Crippen molar-refractivity contribution < 1.29 is 9.59 Å². The monoisotopic (exact) mass is 327 g/mol. The fraction of sp³-hybridized carbons (Fsp3) is 0.889. The Kier molecular flexibility index (Phi) is 14.8. The van der Waals surface area contributed by atoms with Crippen LogP contribution in [0.5, 0.6) is 0 Å². The van der Waals surface area contributed by atoms with Gasteiger partial charge in [0.2, 0.25) is 5.91 Å². The van der Waals surface area contributed by atoms with E-state index in [0.717, 1.165) is 12.8 Å². The number of nitrogens with one attached hydrogen (secondary N) is 1. The molecule has 23 heavy (non-hydrogen) atoms. The van der Waals surface area contributed by atoms with Gasteiger partial charge in [-0.05, 0) is 6.42 Å². The summed E-state index contributed by atoms with van der Waals surface area (Å²) in [4.78, 5) is 21.9. The van der Waals surface area contributed by atoms with Crippen LogP contribution in [0.25, 0.3) is 0 Å². The van der Waals surface area contributed by atoms with Gasteiger partial charge in [-0.1, -0.05) is 90.4 Å². The summed E-state index contributed by atoms with van der Waals surface area (Å²) in [7, 11) is 0. The molecule has 0 rings (SSSR count). The van der Waals surface area contributed by atoms with E-state index < -0.39 is 18.0 Å². The van der Waals surface area contributed by atoms with Crippen LogP contribution in [0.1, 0.15) is 96.8 Å². The number of carbonyl (C=O) groups excluding carboxylic acids is 2. The van der Waals surface area contributed by atoms with Crippen LogP contribution in [0.15, 0.2) is 0 Å². The van der Waals surface area contributed by atoms with E-state index in [1.165, 1.54) is 70.6 Å². The summed E-state index contributed by atoms with van der Waals surface area (Å²) >= 11 is 0. The van der Waals surface area contributed by atoms with Crippen molar-refractivity contribution in [3.8, 4) is 0 Å². The second-order valence-corrected chi connectivity index (χ2v) is 6.49. The van der Waals surface area contributed by atoms with Crippen LogP contribution < -0.4 is 16.8 Å². The number of nitrogens with two attached hydrogens (primary N) is 2. The van der Waals surface area contributed by atoms with Crippen molar-refractivity contribution in [2.45, 2.75) is 103 Å². The molecule has 5 heteroatoms. The van der Waals surface area contributed by atoms with E-state index in [2.05, 4.69) is 12.2 Å². The Balaban J connectivity index is 3.32. The number of hydrogen-bond donors (Lipinski definition) is 3. The minimum atomic E-state index is -0.691. The summed E-state index contributed by atoms with van der Waals surface area (Å²) < 4.78 is 0. The lowest BCUT2D eigenvalue weighted by molar-refractivity contribution is -0.119. The highest BCUT2D eigenvalue weighted by Gasteiger charge is 2.15. The van der Waals surface area contributed by atoms with Gasteiger partial charge >= 0.3 is 6.03 Å². The molecule has 0 aromatic carbocycles. The zero-order valence-corrected chi connectivity index (χ0v) is 14.9. The maximum absolute atomic E-state index is 11.1. The van der Waals surface area contributed by atoms with Crippen LogP contribution in [-0.2, 0) is 4.79 Å². The average Bonchev–Trinajstić information content (AvgIpc) is 2.50. The molecule has 0 aliphatic heterocycles. The Labute approximate surface area is 141 Å². The third-order valence-electron chi connectivity index (χ3n) is 4.26. The predicted molar refractivity (Wildman–Crippen MR) is 96.0 cm³/mol. The molecule has 5 nitrogen and oxygen atoms in total. The standard InChI is InChI=1S/C18H37N3O2/c1-2-3-4-5-6-7-8-9-10-11-12-13-14-15-16(17(19)22)21-18(20)23/h16H,2-15H2,1H3,(H2,19,22)(H3,20,21,23). The maximum Gasteiger partial charge on any atom is 0.312 e. The highest BCUT2D eigenvalue weighted by molar-refractivity contribution is 5.85. The van der Waals surface area contributed by atoms with Gasteiger partial charge in [0, 0.05) is 0 Å². The molecule has 0 spiro atoms. The van der Waals surface area contributed by atoms with Crippen LogP contribution >= 0.6 is 0 Å². The number of urea groups is 1. The number of hydrogen-bond acceptors (Lipinski definition) is 2. The van der Waals surface area contributed by atoms with E-state index in [-0.39, 0.29) is 0 Å².